The molecule has 1 aromatic carbocycles. The maximum atomic E-state index is 6.10. The van der Waals surface area contributed by atoms with Crippen molar-refractivity contribution in [1.29, 1.82) is 0 Å². The fourth-order valence-electron chi connectivity index (χ4n) is 3.54. The maximum absolute atomic E-state index is 6.10. The van der Waals surface area contributed by atoms with Crippen molar-refractivity contribution in [3.8, 4) is 5.75 Å². The lowest BCUT2D eigenvalue weighted by molar-refractivity contribution is -0.0655. The third-order valence-corrected chi connectivity index (χ3v) is 4.69. The highest BCUT2D eigenvalue weighted by atomic mass is 16.5. The molecule has 2 heterocycles. The summed E-state index contributed by atoms with van der Waals surface area (Å²) in [4.78, 5) is 2.53. The Morgan fingerprint density at radius 1 is 1.48 bits per heavy atom. The van der Waals surface area contributed by atoms with Gasteiger partial charge in [-0.3, -0.25) is 16.2 Å². The van der Waals surface area contributed by atoms with Crippen LogP contribution in [0.2, 0.25) is 0 Å². The number of aryl methyl sites for hydroxylation is 1. The van der Waals surface area contributed by atoms with Crippen LogP contribution in [0.4, 0.5) is 0 Å². The molecule has 5 heteroatoms. The number of ether oxygens (including phenoxy) is 2. The van der Waals surface area contributed by atoms with Crippen LogP contribution in [0.5, 0.6) is 5.75 Å². The normalized spacial score (nSPS) is 27.4. The van der Waals surface area contributed by atoms with Gasteiger partial charge in [-0.15, -0.1) is 0 Å². The molecule has 0 spiro atoms. The van der Waals surface area contributed by atoms with Crippen LogP contribution in [0.25, 0.3) is 0 Å². The number of rotatable bonds is 4. The molecule has 116 valence electrons. The minimum atomic E-state index is -0.0543. The standard InChI is InChI=1S/C16H25N3O2/c1-11-5-6-14(20-2)13(8-11)16(18-17)15-9-19-7-3-4-12(19)10-21-15/h5-6,8,12,15-16,18H,3-4,7,9-10,17H2,1-2H3. The molecule has 21 heavy (non-hydrogen) atoms. The Kier molecular flexibility index (Phi) is 4.45. The molecular weight excluding hydrogens is 266 g/mol. The van der Waals surface area contributed by atoms with Gasteiger partial charge < -0.3 is 9.47 Å². The Labute approximate surface area is 126 Å². The van der Waals surface area contributed by atoms with E-state index in [0.717, 1.165) is 24.5 Å². The number of fused-ring (bicyclic) bond motifs is 1. The fourth-order valence-corrected chi connectivity index (χ4v) is 3.54. The molecule has 0 bridgehead atoms. The number of hydrogen-bond acceptors (Lipinski definition) is 5. The molecule has 0 amide bonds. The van der Waals surface area contributed by atoms with Crippen molar-refractivity contribution in [3.05, 3.63) is 29.3 Å². The van der Waals surface area contributed by atoms with Gasteiger partial charge in [-0.2, -0.15) is 0 Å². The number of hydrogen-bond donors (Lipinski definition) is 2. The number of nitrogens with zero attached hydrogens (tertiary/aromatic N) is 1. The summed E-state index contributed by atoms with van der Waals surface area (Å²) >= 11 is 0. The zero-order chi connectivity index (χ0) is 14.8. The van der Waals surface area contributed by atoms with Gasteiger partial charge in [0.15, 0.2) is 0 Å². The predicted octanol–water partition coefficient (Wildman–Crippen LogP) is 1.37. The Morgan fingerprint density at radius 2 is 2.33 bits per heavy atom. The maximum Gasteiger partial charge on any atom is 0.123 e. The average Bonchev–Trinajstić information content (AvgIpc) is 2.96. The van der Waals surface area contributed by atoms with E-state index in [2.05, 4.69) is 23.3 Å². The lowest BCUT2D eigenvalue weighted by Crippen LogP contribution is -2.51. The number of hydrazine groups is 1. The van der Waals surface area contributed by atoms with E-state index in [-0.39, 0.29) is 12.1 Å². The Bertz CT molecular complexity index is 494. The van der Waals surface area contributed by atoms with E-state index >= 15 is 0 Å². The van der Waals surface area contributed by atoms with Crippen molar-refractivity contribution in [3.63, 3.8) is 0 Å². The van der Waals surface area contributed by atoms with Crippen molar-refractivity contribution in [1.82, 2.24) is 10.3 Å². The first-order chi connectivity index (χ1) is 10.2. The molecule has 0 aromatic heterocycles. The molecule has 5 nitrogen and oxygen atoms in total. The van der Waals surface area contributed by atoms with Gasteiger partial charge >= 0.3 is 0 Å². The summed E-state index contributed by atoms with van der Waals surface area (Å²) in [6, 6.07) is 6.72. The molecule has 2 aliphatic rings. The van der Waals surface area contributed by atoms with Crippen molar-refractivity contribution in [2.75, 3.05) is 26.8 Å². The highest BCUT2D eigenvalue weighted by Gasteiger charge is 2.36. The monoisotopic (exact) mass is 291 g/mol. The summed E-state index contributed by atoms with van der Waals surface area (Å²) in [6.45, 7) is 4.98. The summed E-state index contributed by atoms with van der Waals surface area (Å²) in [6.07, 6.45) is 2.58. The lowest BCUT2D eigenvalue weighted by atomic mass is 9.97. The number of methoxy groups -OCH3 is 1. The summed E-state index contributed by atoms with van der Waals surface area (Å²) in [5, 5.41) is 0. The summed E-state index contributed by atoms with van der Waals surface area (Å²) < 4.78 is 11.6. The highest BCUT2D eigenvalue weighted by Crippen LogP contribution is 2.33. The minimum Gasteiger partial charge on any atom is -0.496 e. The first-order valence-corrected chi connectivity index (χ1v) is 7.69. The molecule has 0 radical (unpaired) electrons. The smallest absolute Gasteiger partial charge is 0.123 e. The second-order valence-electron chi connectivity index (χ2n) is 6.05. The molecule has 2 aliphatic heterocycles. The van der Waals surface area contributed by atoms with Gasteiger partial charge in [0.1, 0.15) is 5.75 Å². The summed E-state index contributed by atoms with van der Waals surface area (Å²) in [7, 11) is 1.69. The van der Waals surface area contributed by atoms with Crippen LogP contribution in [-0.2, 0) is 4.74 Å². The van der Waals surface area contributed by atoms with Crippen LogP contribution in [0.15, 0.2) is 18.2 Å². The molecular formula is C16H25N3O2. The van der Waals surface area contributed by atoms with E-state index in [4.69, 9.17) is 15.3 Å². The van der Waals surface area contributed by atoms with Gasteiger partial charge in [-0.1, -0.05) is 17.7 Å². The van der Waals surface area contributed by atoms with Crippen LogP contribution in [0.3, 0.4) is 0 Å². The van der Waals surface area contributed by atoms with Crippen LogP contribution in [0, 0.1) is 6.92 Å². The second-order valence-corrected chi connectivity index (χ2v) is 6.05. The molecule has 1 aromatic rings. The number of nitrogens with two attached hydrogens (primary N) is 1. The Morgan fingerprint density at radius 3 is 3.10 bits per heavy atom. The van der Waals surface area contributed by atoms with Crippen molar-refractivity contribution < 1.29 is 9.47 Å². The van der Waals surface area contributed by atoms with Gasteiger partial charge in [-0.25, -0.2) is 0 Å². The van der Waals surface area contributed by atoms with E-state index in [1.807, 2.05) is 12.1 Å². The van der Waals surface area contributed by atoms with E-state index in [1.54, 1.807) is 7.11 Å². The highest BCUT2D eigenvalue weighted by molar-refractivity contribution is 5.39. The first kappa shape index (κ1) is 14.8. The molecule has 0 aliphatic carbocycles. The third kappa shape index (κ3) is 2.92. The number of nitrogens with one attached hydrogen (secondary N) is 1. The molecule has 0 saturated carbocycles. The van der Waals surface area contributed by atoms with Crippen molar-refractivity contribution >= 4 is 0 Å². The molecule has 3 unspecified atom stereocenters. The topological polar surface area (TPSA) is 59.8 Å². The number of morpholine rings is 1. The molecule has 3 rings (SSSR count). The van der Waals surface area contributed by atoms with Gasteiger partial charge in [0.25, 0.3) is 0 Å². The van der Waals surface area contributed by atoms with E-state index < -0.39 is 0 Å². The lowest BCUT2D eigenvalue weighted by Gasteiger charge is -2.39. The van der Waals surface area contributed by atoms with Crippen LogP contribution in [0.1, 0.15) is 30.0 Å². The largest absolute Gasteiger partial charge is 0.496 e. The fraction of sp³-hybridized carbons (Fsp3) is 0.625. The number of benzene rings is 1. The van der Waals surface area contributed by atoms with E-state index in [0.29, 0.717) is 6.04 Å². The quantitative estimate of drug-likeness (QED) is 0.648. The van der Waals surface area contributed by atoms with Crippen molar-refractivity contribution in [2.24, 2.45) is 5.84 Å². The van der Waals surface area contributed by atoms with E-state index in [9.17, 15) is 0 Å². The summed E-state index contributed by atoms with van der Waals surface area (Å²) in [5.41, 5.74) is 5.21. The van der Waals surface area contributed by atoms with E-state index in [1.165, 1.54) is 24.9 Å². The van der Waals surface area contributed by atoms with Gasteiger partial charge in [-0.05, 0) is 32.4 Å². The third-order valence-electron chi connectivity index (χ3n) is 4.69. The molecule has 3 N–H and O–H groups in total. The zero-order valence-corrected chi connectivity index (χ0v) is 12.8. The van der Waals surface area contributed by atoms with Crippen LogP contribution < -0.4 is 16.0 Å². The second kappa shape index (κ2) is 6.32. The Balaban J connectivity index is 1.83. The zero-order valence-electron chi connectivity index (χ0n) is 12.8. The molecule has 3 atom stereocenters. The van der Waals surface area contributed by atoms with Crippen LogP contribution >= 0.6 is 0 Å². The SMILES string of the molecule is COc1ccc(C)cc1C(NN)C1CN2CCCC2CO1. The van der Waals surface area contributed by atoms with Crippen molar-refractivity contribution in [2.45, 2.75) is 38.0 Å². The van der Waals surface area contributed by atoms with Gasteiger partial charge in [0.05, 0.1) is 25.9 Å². The first-order valence-electron chi connectivity index (χ1n) is 7.69. The Hall–Kier alpha value is -1.14. The molecule has 2 saturated heterocycles. The van der Waals surface area contributed by atoms with Gasteiger partial charge in [0, 0.05) is 18.2 Å². The average molecular weight is 291 g/mol. The predicted molar refractivity (Wildman–Crippen MR) is 82.1 cm³/mol. The van der Waals surface area contributed by atoms with Crippen LogP contribution in [-0.4, -0.2) is 43.9 Å². The molecule has 2 fully saturated rings. The van der Waals surface area contributed by atoms with Gasteiger partial charge in [0.2, 0.25) is 0 Å². The minimum absolute atomic E-state index is 0.0543. The summed E-state index contributed by atoms with van der Waals surface area (Å²) in [5.74, 6) is 6.70.